The molecule has 0 radical (unpaired) electrons. The number of aliphatic hydroxyl groups excluding tert-OH is 2. The van der Waals surface area contributed by atoms with E-state index in [1.807, 2.05) is 24.3 Å². The number of ether oxygens (including phenoxy) is 1. The fourth-order valence-corrected chi connectivity index (χ4v) is 7.76. The molecule has 0 aliphatic carbocycles. The molecule has 4 aliphatic heterocycles. The fraction of sp³-hybridized carbons (Fsp3) is 0.346. The van der Waals surface area contributed by atoms with Crippen molar-refractivity contribution in [2.75, 3.05) is 33.1 Å². The predicted molar refractivity (Wildman–Crippen MR) is 137 cm³/mol. The summed E-state index contributed by atoms with van der Waals surface area (Å²) in [6.45, 7) is 3.56. The molecule has 38 heavy (non-hydrogen) atoms. The molecule has 12 heteroatoms. The maximum Gasteiger partial charge on any atom is 0.277 e. The minimum atomic E-state index is -3.10. The number of nitrogens with zero attached hydrogens (tertiary/aromatic N) is 3. The van der Waals surface area contributed by atoms with Gasteiger partial charge in [0.25, 0.3) is 5.91 Å². The van der Waals surface area contributed by atoms with Gasteiger partial charge in [-0.25, -0.2) is 8.78 Å². The lowest BCUT2D eigenvalue weighted by atomic mass is 9.92. The van der Waals surface area contributed by atoms with Crippen LogP contribution in [0.2, 0.25) is 0 Å². The first-order valence-electron chi connectivity index (χ1n) is 12.1. The predicted octanol–water partition coefficient (Wildman–Crippen LogP) is 3.99. The molecule has 1 amide bonds. The summed E-state index contributed by atoms with van der Waals surface area (Å²) in [7, 11) is -3.10. The van der Waals surface area contributed by atoms with Crippen LogP contribution in [-0.2, 0) is 19.8 Å². The number of thioether (sulfide) groups is 1. The van der Waals surface area contributed by atoms with E-state index in [9.17, 15) is 24.0 Å². The van der Waals surface area contributed by atoms with Gasteiger partial charge in [-0.05, 0) is 36.6 Å². The van der Waals surface area contributed by atoms with Crippen LogP contribution in [0.25, 0.3) is 0 Å². The number of amides is 1. The minimum Gasteiger partial charge on any atom is -0.507 e. The van der Waals surface area contributed by atoms with Gasteiger partial charge in [-0.1, -0.05) is 24.3 Å². The SMILES string of the molecule is CP(C)(=O)C1=CN2C(=C(O)C1O)C(=O)N1CCOCC1N2C1c2ccccc2SCc2c1ccc(F)c2F. The second kappa shape index (κ2) is 9.20. The van der Waals surface area contributed by atoms with E-state index < -0.39 is 48.8 Å². The maximum absolute atomic E-state index is 15.2. The zero-order valence-electron chi connectivity index (χ0n) is 20.7. The van der Waals surface area contributed by atoms with E-state index in [0.717, 1.165) is 16.5 Å². The van der Waals surface area contributed by atoms with Crippen molar-refractivity contribution in [2.24, 2.45) is 0 Å². The number of aliphatic hydroxyl groups is 2. The summed E-state index contributed by atoms with van der Waals surface area (Å²) >= 11 is 1.38. The van der Waals surface area contributed by atoms with Crippen molar-refractivity contribution in [2.45, 2.75) is 29.0 Å². The lowest BCUT2D eigenvalue weighted by molar-refractivity contribution is -0.190. The van der Waals surface area contributed by atoms with Crippen LogP contribution in [0.3, 0.4) is 0 Å². The molecular formula is C26H26F2N3O5PS. The van der Waals surface area contributed by atoms with Gasteiger partial charge in [-0.2, -0.15) is 5.01 Å². The summed E-state index contributed by atoms with van der Waals surface area (Å²) < 4.78 is 48.6. The van der Waals surface area contributed by atoms with Gasteiger partial charge in [0.1, 0.15) is 19.4 Å². The van der Waals surface area contributed by atoms with Crippen LogP contribution in [0, 0.1) is 11.6 Å². The lowest BCUT2D eigenvalue weighted by Crippen LogP contribution is -2.68. The average molecular weight is 562 g/mol. The summed E-state index contributed by atoms with van der Waals surface area (Å²) in [4.78, 5) is 16.1. The zero-order valence-corrected chi connectivity index (χ0v) is 22.4. The standard InChI is InChI=1S/C26H26F2N3O5PS/c1-37(2,35)18-11-30-23(25(33)24(18)32)26(34)29-9-10-36-12-20(29)31(30)22-14-7-8-17(27)21(28)16(14)13-38-19-6-4-3-5-15(19)22/h3-8,11,20,22,24,32-33H,9-10,12-13H2,1-2H3. The molecule has 200 valence electrons. The largest absolute Gasteiger partial charge is 0.507 e. The van der Waals surface area contributed by atoms with E-state index in [1.165, 1.54) is 36.3 Å². The summed E-state index contributed by atoms with van der Waals surface area (Å²) in [6.07, 6.45) is -0.859. The molecule has 0 bridgehead atoms. The molecule has 0 aromatic heterocycles. The number of carbonyl (C=O) groups is 1. The number of carbonyl (C=O) groups excluding carboxylic acids is 1. The lowest BCUT2D eigenvalue weighted by Gasteiger charge is -2.55. The average Bonchev–Trinajstić information content (AvgIpc) is 3.05. The van der Waals surface area contributed by atoms with Gasteiger partial charge in [-0.15, -0.1) is 11.8 Å². The Morgan fingerprint density at radius 3 is 2.66 bits per heavy atom. The minimum absolute atomic E-state index is 0.0727. The molecule has 4 heterocycles. The van der Waals surface area contributed by atoms with Gasteiger partial charge in [0.05, 0.1) is 19.3 Å². The summed E-state index contributed by atoms with van der Waals surface area (Å²) in [5.41, 5.74) is 1.31. The molecule has 4 aliphatic rings. The number of morpholine rings is 1. The van der Waals surface area contributed by atoms with Gasteiger partial charge in [0.15, 0.2) is 23.1 Å². The summed E-state index contributed by atoms with van der Waals surface area (Å²) in [5, 5.41) is 25.3. The number of hydrogen-bond acceptors (Lipinski definition) is 8. The van der Waals surface area contributed by atoms with Crippen molar-refractivity contribution >= 4 is 24.8 Å². The molecule has 0 spiro atoms. The Balaban J connectivity index is 1.65. The Labute approximate surface area is 222 Å². The number of benzene rings is 2. The van der Waals surface area contributed by atoms with E-state index in [4.69, 9.17) is 4.74 Å². The van der Waals surface area contributed by atoms with Crippen molar-refractivity contribution in [3.05, 3.63) is 87.7 Å². The van der Waals surface area contributed by atoms with Crippen LogP contribution >= 0.6 is 18.9 Å². The molecule has 0 saturated carbocycles. The quantitative estimate of drug-likeness (QED) is 0.532. The highest BCUT2D eigenvalue weighted by atomic mass is 32.2. The Kier molecular flexibility index (Phi) is 6.20. The first-order valence-corrected chi connectivity index (χ1v) is 15.7. The van der Waals surface area contributed by atoms with Gasteiger partial charge in [-0.3, -0.25) is 9.80 Å². The Hall–Kier alpha value is -2.69. The molecule has 2 aromatic rings. The third-order valence-electron chi connectivity index (χ3n) is 7.39. The molecule has 2 N–H and O–H groups in total. The second-order valence-corrected chi connectivity index (χ2v) is 14.2. The van der Waals surface area contributed by atoms with Gasteiger partial charge < -0.3 is 24.4 Å². The number of hydrazine groups is 1. The third-order valence-corrected chi connectivity index (χ3v) is 10.1. The summed E-state index contributed by atoms with van der Waals surface area (Å²) in [5.74, 6) is -2.81. The van der Waals surface area contributed by atoms with Crippen molar-refractivity contribution in [3.63, 3.8) is 0 Å². The van der Waals surface area contributed by atoms with E-state index >= 15 is 4.39 Å². The van der Waals surface area contributed by atoms with Crippen LogP contribution in [-0.4, -0.2) is 76.4 Å². The molecule has 3 unspecified atom stereocenters. The molecule has 2 saturated heterocycles. The smallest absolute Gasteiger partial charge is 0.277 e. The monoisotopic (exact) mass is 561 g/mol. The van der Waals surface area contributed by atoms with Crippen molar-refractivity contribution in [1.82, 2.24) is 14.9 Å². The highest BCUT2D eigenvalue weighted by molar-refractivity contribution is 7.98. The molecule has 6 rings (SSSR count). The van der Waals surface area contributed by atoms with Crippen LogP contribution in [0.5, 0.6) is 0 Å². The second-order valence-electron chi connectivity index (χ2n) is 9.98. The number of fused-ring (bicyclic) bond motifs is 4. The zero-order chi connectivity index (χ0) is 26.9. The summed E-state index contributed by atoms with van der Waals surface area (Å²) in [6, 6.07) is 9.40. The van der Waals surface area contributed by atoms with Crippen LogP contribution in [0.4, 0.5) is 8.78 Å². The first kappa shape index (κ1) is 25.6. The van der Waals surface area contributed by atoms with Crippen molar-refractivity contribution in [1.29, 1.82) is 0 Å². The highest BCUT2D eigenvalue weighted by Crippen LogP contribution is 2.53. The molecule has 2 aromatic carbocycles. The van der Waals surface area contributed by atoms with Crippen molar-refractivity contribution < 1.29 is 33.1 Å². The first-order chi connectivity index (χ1) is 18.1. The highest BCUT2D eigenvalue weighted by Gasteiger charge is 2.52. The van der Waals surface area contributed by atoms with Crippen molar-refractivity contribution in [3.8, 4) is 0 Å². The van der Waals surface area contributed by atoms with Gasteiger partial charge in [0.2, 0.25) is 0 Å². The molecule has 8 nitrogen and oxygen atoms in total. The molecule has 2 fully saturated rings. The van der Waals surface area contributed by atoms with Gasteiger partial charge >= 0.3 is 0 Å². The Bertz CT molecular complexity index is 1460. The van der Waals surface area contributed by atoms with Crippen LogP contribution in [0.1, 0.15) is 22.7 Å². The third kappa shape index (κ3) is 3.83. The Morgan fingerprint density at radius 1 is 1.13 bits per heavy atom. The maximum atomic E-state index is 15.2. The van der Waals surface area contributed by atoms with Crippen LogP contribution < -0.4 is 0 Å². The van der Waals surface area contributed by atoms with E-state index in [1.54, 1.807) is 16.0 Å². The van der Waals surface area contributed by atoms with Crippen LogP contribution in [0.15, 0.2) is 64.3 Å². The molecular weight excluding hydrogens is 535 g/mol. The van der Waals surface area contributed by atoms with E-state index in [-0.39, 0.29) is 42.1 Å². The normalized spacial score (nSPS) is 25.8. The van der Waals surface area contributed by atoms with Gasteiger partial charge in [0, 0.05) is 34.3 Å². The molecule has 3 atom stereocenters. The number of hydrogen-bond donors (Lipinski definition) is 2. The topological polar surface area (TPSA) is 93.5 Å². The van der Waals surface area contributed by atoms with E-state index in [0.29, 0.717) is 5.56 Å². The number of halogens is 2. The number of rotatable bonds is 2. The Morgan fingerprint density at radius 2 is 1.89 bits per heavy atom. The fourth-order valence-electron chi connectivity index (χ4n) is 5.54. The van der Waals surface area contributed by atoms with E-state index in [2.05, 4.69) is 0 Å².